The molecule has 17 heavy (non-hydrogen) atoms. The number of aromatic amines is 1. The van der Waals surface area contributed by atoms with Gasteiger partial charge in [-0.15, -0.1) is 4.98 Å². The summed E-state index contributed by atoms with van der Waals surface area (Å²) in [5.41, 5.74) is 0.0804. The van der Waals surface area contributed by atoms with Crippen LogP contribution < -0.4 is 15.2 Å². The van der Waals surface area contributed by atoms with Crippen molar-refractivity contribution in [2.75, 3.05) is 14.2 Å². The molecule has 0 atom stereocenters. The molecular formula is C10H10N4O3. The summed E-state index contributed by atoms with van der Waals surface area (Å²) in [4.78, 5) is 25.3. The van der Waals surface area contributed by atoms with Crippen molar-refractivity contribution in [3.63, 3.8) is 0 Å². The Kier molecular flexibility index (Phi) is 2.99. The SMILES string of the molecule is COc1cncc(-c2nc(OC)nc(=O)[nH]2)c1. The maximum atomic E-state index is 11.3. The molecule has 0 unspecified atom stereocenters. The molecule has 2 aromatic heterocycles. The minimum atomic E-state index is -0.533. The molecule has 7 nitrogen and oxygen atoms in total. The predicted octanol–water partition coefficient (Wildman–Crippen LogP) is 0.244. The quantitative estimate of drug-likeness (QED) is 0.818. The van der Waals surface area contributed by atoms with Crippen molar-refractivity contribution in [3.05, 3.63) is 28.9 Å². The highest BCUT2D eigenvalue weighted by Crippen LogP contribution is 2.18. The molecule has 0 aliphatic carbocycles. The average Bonchev–Trinajstić information content (AvgIpc) is 2.38. The van der Waals surface area contributed by atoms with Gasteiger partial charge in [-0.1, -0.05) is 0 Å². The van der Waals surface area contributed by atoms with Crippen LogP contribution in [0.2, 0.25) is 0 Å². The molecule has 7 heteroatoms. The van der Waals surface area contributed by atoms with Gasteiger partial charge in [0, 0.05) is 11.8 Å². The summed E-state index contributed by atoms with van der Waals surface area (Å²) in [6, 6.07) is 1.71. The number of hydrogen-bond acceptors (Lipinski definition) is 6. The summed E-state index contributed by atoms with van der Waals surface area (Å²) < 4.78 is 9.85. The third-order valence-corrected chi connectivity index (χ3v) is 2.03. The van der Waals surface area contributed by atoms with Gasteiger partial charge in [-0.3, -0.25) is 9.97 Å². The van der Waals surface area contributed by atoms with Crippen molar-refractivity contribution in [3.8, 4) is 23.1 Å². The van der Waals surface area contributed by atoms with Gasteiger partial charge in [0.25, 0.3) is 0 Å². The monoisotopic (exact) mass is 234 g/mol. The molecule has 0 fully saturated rings. The summed E-state index contributed by atoms with van der Waals surface area (Å²) in [6.07, 6.45) is 3.11. The second-order valence-electron chi connectivity index (χ2n) is 3.10. The summed E-state index contributed by atoms with van der Waals surface area (Å²) in [5.74, 6) is 0.897. The number of rotatable bonds is 3. The summed E-state index contributed by atoms with van der Waals surface area (Å²) in [7, 11) is 2.92. The fourth-order valence-corrected chi connectivity index (χ4v) is 1.25. The topological polar surface area (TPSA) is 90.0 Å². The van der Waals surface area contributed by atoms with Crippen molar-refractivity contribution >= 4 is 0 Å². The molecule has 0 aromatic carbocycles. The fourth-order valence-electron chi connectivity index (χ4n) is 1.25. The molecule has 0 saturated carbocycles. The van der Waals surface area contributed by atoms with Crippen LogP contribution in [-0.2, 0) is 0 Å². The van der Waals surface area contributed by atoms with Gasteiger partial charge in [0.1, 0.15) is 11.6 Å². The van der Waals surface area contributed by atoms with E-state index in [1.54, 1.807) is 18.5 Å². The van der Waals surface area contributed by atoms with Crippen molar-refractivity contribution in [2.24, 2.45) is 0 Å². The lowest BCUT2D eigenvalue weighted by atomic mass is 10.2. The zero-order valence-corrected chi connectivity index (χ0v) is 9.30. The van der Waals surface area contributed by atoms with Crippen LogP contribution in [0.3, 0.4) is 0 Å². The fraction of sp³-hybridized carbons (Fsp3) is 0.200. The van der Waals surface area contributed by atoms with Gasteiger partial charge in [-0.05, 0) is 6.07 Å². The first-order valence-electron chi connectivity index (χ1n) is 4.74. The lowest BCUT2D eigenvalue weighted by Crippen LogP contribution is -2.14. The third-order valence-electron chi connectivity index (χ3n) is 2.03. The van der Waals surface area contributed by atoms with Gasteiger partial charge in [-0.2, -0.15) is 4.98 Å². The van der Waals surface area contributed by atoms with E-state index in [9.17, 15) is 4.79 Å². The third kappa shape index (κ3) is 2.39. The smallest absolute Gasteiger partial charge is 0.351 e. The van der Waals surface area contributed by atoms with Gasteiger partial charge in [0.05, 0.1) is 20.4 Å². The van der Waals surface area contributed by atoms with E-state index in [2.05, 4.69) is 19.9 Å². The van der Waals surface area contributed by atoms with Crippen LogP contribution in [0.5, 0.6) is 11.8 Å². The Bertz CT molecular complexity index is 582. The Morgan fingerprint density at radius 1 is 1.18 bits per heavy atom. The first-order chi connectivity index (χ1) is 8.22. The van der Waals surface area contributed by atoms with Crippen LogP contribution in [0.15, 0.2) is 23.3 Å². The van der Waals surface area contributed by atoms with E-state index in [0.29, 0.717) is 17.1 Å². The van der Waals surface area contributed by atoms with Crippen molar-refractivity contribution in [2.45, 2.75) is 0 Å². The molecule has 0 bridgehead atoms. The molecule has 0 radical (unpaired) electrons. The number of nitrogens with one attached hydrogen (secondary N) is 1. The van der Waals surface area contributed by atoms with E-state index in [0.717, 1.165) is 0 Å². The molecule has 0 saturated heterocycles. The number of hydrogen-bond donors (Lipinski definition) is 1. The lowest BCUT2D eigenvalue weighted by molar-refractivity contribution is 0.377. The minimum Gasteiger partial charge on any atom is -0.495 e. The maximum absolute atomic E-state index is 11.3. The Morgan fingerprint density at radius 2 is 2.00 bits per heavy atom. The first-order valence-corrected chi connectivity index (χ1v) is 4.74. The maximum Gasteiger partial charge on any atom is 0.351 e. The Balaban J connectivity index is 2.51. The molecule has 1 N–H and O–H groups in total. The second kappa shape index (κ2) is 4.60. The molecule has 0 spiro atoms. The number of pyridine rings is 1. The molecule has 0 aliphatic heterocycles. The Hall–Kier alpha value is -2.44. The molecule has 2 heterocycles. The summed E-state index contributed by atoms with van der Waals surface area (Å²) >= 11 is 0. The van der Waals surface area contributed by atoms with Crippen molar-refractivity contribution < 1.29 is 9.47 Å². The highest BCUT2D eigenvalue weighted by atomic mass is 16.5. The molecule has 0 aliphatic rings. The number of aromatic nitrogens is 4. The first kappa shape index (κ1) is 11.1. The zero-order valence-electron chi connectivity index (χ0n) is 9.30. The van der Waals surface area contributed by atoms with E-state index in [1.165, 1.54) is 14.2 Å². The van der Waals surface area contributed by atoms with Crippen molar-refractivity contribution in [1.29, 1.82) is 0 Å². The minimum absolute atomic E-state index is 0.00608. The Morgan fingerprint density at radius 3 is 2.71 bits per heavy atom. The van der Waals surface area contributed by atoms with Gasteiger partial charge >= 0.3 is 11.7 Å². The van der Waals surface area contributed by atoms with Gasteiger partial charge in [0.2, 0.25) is 0 Å². The van der Waals surface area contributed by atoms with Crippen LogP contribution in [0, 0.1) is 0 Å². The molecular weight excluding hydrogens is 224 g/mol. The van der Waals surface area contributed by atoms with Gasteiger partial charge in [-0.25, -0.2) is 4.79 Å². The van der Waals surface area contributed by atoms with E-state index < -0.39 is 5.69 Å². The Labute approximate surface area is 96.5 Å². The second-order valence-corrected chi connectivity index (χ2v) is 3.10. The standard InChI is InChI=1S/C10H10N4O3/c1-16-7-3-6(4-11-5-7)8-12-9(15)14-10(13-8)17-2/h3-5H,1-2H3,(H,12,13,14,15). The van der Waals surface area contributed by atoms with Gasteiger partial charge in [0.15, 0.2) is 0 Å². The normalized spacial score (nSPS) is 10.0. The summed E-state index contributed by atoms with van der Waals surface area (Å²) in [6.45, 7) is 0. The van der Waals surface area contributed by atoms with Crippen LogP contribution in [0.1, 0.15) is 0 Å². The molecule has 2 aromatic rings. The van der Waals surface area contributed by atoms with E-state index in [-0.39, 0.29) is 6.01 Å². The molecule has 88 valence electrons. The van der Waals surface area contributed by atoms with Crippen LogP contribution in [-0.4, -0.2) is 34.2 Å². The van der Waals surface area contributed by atoms with Crippen LogP contribution in [0.25, 0.3) is 11.4 Å². The molecule has 0 amide bonds. The highest BCUT2D eigenvalue weighted by molar-refractivity contribution is 5.55. The largest absolute Gasteiger partial charge is 0.495 e. The number of methoxy groups -OCH3 is 2. The van der Waals surface area contributed by atoms with Gasteiger partial charge < -0.3 is 9.47 Å². The van der Waals surface area contributed by atoms with Crippen molar-refractivity contribution in [1.82, 2.24) is 19.9 Å². The zero-order chi connectivity index (χ0) is 12.3. The number of H-pyrrole nitrogens is 1. The molecule has 2 rings (SSSR count). The van der Waals surface area contributed by atoms with Crippen LogP contribution >= 0.6 is 0 Å². The number of ether oxygens (including phenoxy) is 2. The summed E-state index contributed by atoms with van der Waals surface area (Å²) in [5, 5.41) is 0. The average molecular weight is 234 g/mol. The predicted molar refractivity (Wildman–Crippen MR) is 59.0 cm³/mol. The highest BCUT2D eigenvalue weighted by Gasteiger charge is 2.06. The van der Waals surface area contributed by atoms with E-state index in [4.69, 9.17) is 9.47 Å². The lowest BCUT2D eigenvalue weighted by Gasteiger charge is -2.03. The number of nitrogens with zero attached hydrogens (tertiary/aromatic N) is 3. The van der Waals surface area contributed by atoms with E-state index in [1.807, 2.05) is 0 Å². The van der Waals surface area contributed by atoms with Crippen LogP contribution in [0.4, 0.5) is 0 Å². The van der Waals surface area contributed by atoms with E-state index >= 15 is 0 Å².